The quantitative estimate of drug-likeness (QED) is 0.257. The van der Waals surface area contributed by atoms with Crippen LogP contribution in [-0.2, 0) is 16.8 Å². The van der Waals surface area contributed by atoms with Crippen LogP contribution in [0.15, 0.2) is 78.9 Å². The van der Waals surface area contributed by atoms with E-state index >= 15 is 0 Å². The highest BCUT2D eigenvalue weighted by atomic mass is 19.4. The van der Waals surface area contributed by atoms with Crippen LogP contribution in [0.4, 0.5) is 22.0 Å². The van der Waals surface area contributed by atoms with E-state index in [0.29, 0.717) is 18.0 Å². The molecule has 0 radical (unpaired) electrons. The molecule has 0 aliphatic carbocycles. The van der Waals surface area contributed by atoms with Gasteiger partial charge in [0.1, 0.15) is 18.1 Å². The number of ether oxygens (including phenoxy) is 3. The van der Waals surface area contributed by atoms with Crippen LogP contribution in [0.5, 0.6) is 11.5 Å². The first-order chi connectivity index (χ1) is 19.7. The molecule has 2 bridgehead atoms. The molecule has 41 heavy (non-hydrogen) atoms. The molecule has 4 nitrogen and oxygen atoms in total. The second kappa shape index (κ2) is 10.9. The summed E-state index contributed by atoms with van der Waals surface area (Å²) >= 11 is 0. The molecule has 3 saturated heterocycles. The van der Waals surface area contributed by atoms with Crippen molar-refractivity contribution in [2.45, 2.75) is 74.5 Å². The Morgan fingerprint density at radius 1 is 0.927 bits per heavy atom. The molecule has 0 amide bonds. The van der Waals surface area contributed by atoms with Gasteiger partial charge >= 0.3 is 6.36 Å². The van der Waals surface area contributed by atoms with Crippen LogP contribution in [0.1, 0.15) is 54.7 Å². The highest BCUT2D eigenvalue weighted by Crippen LogP contribution is 2.62. The molecule has 3 aromatic carbocycles. The van der Waals surface area contributed by atoms with E-state index in [9.17, 15) is 22.0 Å². The summed E-state index contributed by atoms with van der Waals surface area (Å²) in [5, 5.41) is 0. The first-order valence-corrected chi connectivity index (χ1v) is 14.0. The summed E-state index contributed by atoms with van der Waals surface area (Å²) in [5.74, 6) is -0.651. The Morgan fingerprint density at radius 2 is 1.63 bits per heavy atom. The van der Waals surface area contributed by atoms with Crippen molar-refractivity contribution >= 4 is 0 Å². The van der Waals surface area contributed by atoms with E-state index < -0.39 is 36.3 Å². The molecule has 0 unspecified atom stereocenters. The molecule has 6 rings (SSSR count). The summed E-state index contributed by atoms with van der Waals surface area (Å²) in [6.07, 6.45) is -3.47. The van der Waals surface area contributed by atoms with Crippen molar-refractivity contribution in [2.75, 3.05) is 13.2 Å². The van der Waals surface area contributed by atoms with Crippen LogP contribution >= 0.6 is 0 Å². The van der Waals surface area contributed by atoms with Gasteiger partial charge in [-0.15, -0.1) is 13.2 Å². The minimum atomic E-state index is -4.88. The van der Waals surface area contributed by atoms with Crippen molar-refractivity contribution in [1.29, 1.82) is 0 Å². The van der Waals surface area contributed by atoms with E-state index in [-0.39, 0.29) is 18.3 Å². The summed E-state index contributed by atoms with van der Waals surface area (Å²) in [6, 6.07) is 24.6. The maximum Gasteiger partial charge on any atom is 0.573 e. The van der Waals surface area contributed by atoms with Crippen LogP contribution in [0.3, 0.4) is 0 Å². The average Bonchev–Trinajstić information content (AvgIpc) is 3.49. The highest BCUT2D eigenvalue weighted by Gasteiger charge is 2.66. The van der Waals surface area contributed by atoms with Gasteiger partial charge in [0.15, 0.2) is 0 Å². The van der Waals surface area contributed by atoms with Crippen molar-refractivity contribution in [1.82, 2.24) is 4.90 Å². The van der Waals surface area contributed by atoms with Gasteiger partial charge in [-0.05, 0) is 61.4 Å². The average molecular weight is 574 g/mol. The zero-order valence-electron chi connectivity index (χ0n) is 22.5. The van der Waals surface area contributed by atoms with E-state index in [4.69, 9.17) is 9.47 Å². The number of rotatable bonds is 8. The lowest BCUT2D eigenvalue weighted by atomic mass is 9.66. The number of nitrogens with zero attached hydrogens (tertiary/aromatic N) is 1. The number of benzene rings is 3. The minimum Gasteiger partial charge on any atom is -0.487 e. The van der Waals surface area contributed by atoms with Crippen molar-refractivity contribution in [2.24, 2.45) is 0 Å². The molecule has 1 spiro atoms. The van der Waals surface area contributed by atoms with E-state index in [1.54, 1.807) is 0 Å². The zero-order chi connectivity index (χ0) is 28.7. The normalized spacial score (nSPS) is 28.0. The molecule has 3 fully saturated rings. The fraction of sp³-hybridized carbons (Fsp3) is 0.438. The predicted molar refractivity (Wildman–Crippen MR) is 143 cm³/mol. The van der Waals surface area contributed by atoms with E-state index in [1.807, 2.05) is 36.4 Å². The monoisotopic (exact) mass is 573 g/mol. The lowest BCUT2D eigenvalue weighted by Gasteiger charge is -2.56. The van der Waals surface area contributed by atoms with E-state index in [1.165, 1.54) is 17.7 Å². The van der Waals surface area contributed by atoms with Gasteiger partial charge < -0.3 is 14.2 Å². The van der Waals surface area contributed by atoms with Gasteiger partial charge in [-0.1, -0.05) is 60.7 Å². The molecule has 0 N–H and O–H groups in total. The topological polar surface area (TPSA) is 30.9 Å². The van der Waals surface area contributed by atoms with Crippen LogP contribution in [0.2, 0.25) is 0 Å². The Hall–Kier alpha value is -3.17. The number of alkyl halides is 5. The van der Waals surface area contributed by atoms with Crippen LogP contribution in [0, 0.1) is 0 Å². The van der Waals surface area contributed by atoms with Gasteiger partial charge in [0.2, 0.25) is 0 Å². The Balaban J connectivity index is 1.39. The van der Waals surface area contributed by atoms with E-state index in [2.05, 4.69) is 33.9 Å². The number of fused-ring (bicyclic) bond motifs is 3. The Bertz CT molecular complexity index is 1340. The van der Waals surface area contributed by atoms with Gasteiger partial charge in [-0.3, -0.25) is 4.90 Å². The number of hydrogen-bond acceptors (Lipinski definition) is 4. The van der Waals surface area contributed by atoms with Crippen LogP contribution in [0.25, 0.3) is 0 Å². The van der Waals surface area contributed by atoms with Gasteiger partial charge in [0, 0.05) is 24.1 Å². The molecule has 4 atom stereocenters. The Morgan fingerprint density at radius 3 is 2.34 bits per heavy atom. The first kappa shape index (κ1) is 28.0. The van der Waals surface area contributed by atoms with Gasteiger partial charge in [0.25, 0.3) is 6.43 Å². The maximum atomic E-state index is 13.1. The summed E-state index contributed by atoms with van der Waals surface area (Å²) in [6.45, 7) is 0.123. The largest absolute Gasteiger partial charge is 0.573 e. The maximum absolute atomic E-state index is 13.1. The lowest BCUT2D eigenvalue weighted by molar-refractivity contribution is -0.274. The summed E-state index contributed by atoms with van der Waals surface area (Å²) in [7, 11) is 0. The molecular weight excluding hydrogens is 541 g/mol. The molecule has 3 aliphatic rings. The summed E-state index contributed by atoms with van der Waals surface area (Å²) < 4.78 is 81.7. The Kier molecular flexibility index (Phi) is 7.44. The predicted octanol–water partition coefficient (Wildman–Crippen LogP) is 7.83. The Labute approximate surface area is 236 Å². The van der Waals surface area contributed by atoms with Gasteiger partial charge in [-0.2, -0.15) is 0 Å². The zero-order valence-corrected chi connectivity index (χ0v) is 22.5. The van der Waals surface area contributed by atoms with Gasteiger partial charge in [0.05, 0.1) is 17.7 Å². The molecule has 3 aromatic rings. The van der Waals surface area contributed by atoms with Crippen LogP contribution in [-0.4, -0.2) is 42.5 Å². The van der Waals surface area contributed by atoms with Crippen LogP contribution < -0.4 is 9.47 Å². The van der Waals surface area contributed by atoms with Crippen molar-refractivity contribution in [3.8, 4) is 11.5 Å². The second-order valence-corrected chi connectivity index (χ2v) is 11.2. The minimum absolute atomic E-state index is 0.125. The first-order valence-electron chi connectivity index (χ1n) is 14.0. The third-order valence-electron chi connectivity index (χ3n) is 9.01. The number of halogens is 5. The third-order valence-corrected chi connectivity index (χ3v) is 9.01. The molecule has 3 aliphatic heterocycles. The molecule has 218 valence electrons. The summed E-state index contributed by atoms with van der Waals surface area (Å²) in [5.41, 5.74) is 1.67. The lowest BCUT2D eigenvalue weighted by Crippen LogP contribution is -2.63. The molecular formula is C32H32F5NO3. The SMILES string of the molecule is FC(F)COc1ccc(OC(F)(F)F)cc1[C@H]1CO[C@]2(CC[C@H]3CC[C@]2(c2ccccc2)N3Cc2ccccc2)C1. The fourth-order valence-corrected chi connectivity index (χ4v) is 7.48. The smallest absolute Gasteiger partial charge is 0.487 e. The molecule has 3 heterocycles. The molecule has 0 aromatic heterocycles. The second-order valence-electron chi connectivity index (χ2n) is 11.2. The van der Waals surface area contributed by atoms with E-state index in [0.717, 1.165) is 43.9 Å². The number of piperidine rings is 1. The van der Waals surface area contributed by atoms with Gasteiger partial charge in [-0.25, -0.2) is 8.78 Å². The van der Waals surface area contributed by atoms with Crippen molar-refractivity contribution in [3.05, 3.63) is 95.6 Å². The van der Waals surface area contributed by atoms with Crippen molar-refractivity contribution < 1.29 is 36.2 Å². The highest BCUT2D eigenvalue weighted by molar-refractivity contribution is 5.45. The standard InChI is InChI=1S/C32H32F5NO3/c33-29(34)21-39-28-12-11-26(41-32(35,36)37)17-27(28)23-18-30(40-20-23)15-13-25-14-16-31(30,24-9-5-2-6-10-24)38(25)19-22-7-3-1-4-8-22/h1-12,17,23,25,29H,13-16,18-21H2/t23-,25+,30-,31-/m1/s1. The summed E-state index contributed by atoms with van der Waals surface area (Å²) in [4.78, 5) is 2.57. The number of hydrogen-bond donors (Lipinski definition) is 0. The molecule has 0 saturated carbocycles. The fourth-order valence-electron chi connectivity index (χ4n) is 7.48. The third kappa shape index (κ3) is 5.30. The molecule has 9 heteroatoms. The van der Waals surface area contributed by atoms with Crippen molar-refractivity contribution in [3.63, 3.8) is 0 Å².